The second-order valence-electron chi connectivity index (χ2n) is 1.15. The Morgan fingerprint density at radius 2 is 2.12 bits per heavy atom. The number of ketones is 1. The number of carbonyl (C=O) groups is 1. The summed E-state index contributed by atoms with van der Waals surface area (Å²) in [7, 11) is 0. The van der Waals surface area contributed by atoms with Gasteiger partial charge in [-0.05, 0) is 0 Å². The number of Topliss-reactive ketones (excluding diaryl/α,β-unsaturated/α-hetero) is 1. The average molecular weight is 127 g/mol. The van der Waals surface area contributed by atoms with Gasteiger partial charge >= 0.3 is 6.18 Å². The molecule has 0 aliphatic heterocycles. The van der Waals surface area contributed by atoms with E-state index in [4.69, 9.17) is 1.37 Å². The standard InChI is InChI=1S/C4H5F3O/c1-2-3(8)4(5,6)7/h2H2,1H3/i2D. The van der Waals surface area contributed by atoms with Crippen molar-refractivity contribution in [2.75, 3.05) is 0 Å². The first-order valence-electron chi connectivity index (χ1n) is 2.46. The number of alkyl halides is 3. The highest BCUT2D eigenvalue weighted by molar-refractivity contribution is 5.83. The van der Waals surface area contributed by atoms with Crippen LogP contribution < -0.4 is 0 Å². The molecule has 0 heterocycles. The van der Waals surface area contributed by atoms with Crippen molar-refractivity contribution in [3.05, 3.63) is 0 Å². The Kier molecular flexibility index (Phi) is 1.50. The molecule has 0 saturated heterocycles. The van der Waals surface area contributed by atoms with E-state index in [1.807, 2.05) is 0 Å². The molecule has 0 aromatic heterocycles. The minimum Gasteiger partial charge on any atom is -0.290 e. The van der Waals surface area contributed by atoms with Crippen LogP contribution in [0.15, 0.2) is 0 Å². The average Bonchev–Trinajstić information content (AvgIpc) is 1.62. The molecule has 0 aromatic rings. The fourth-order valence-corrected chi connectivity index (χ4v) is 0.164. The van der Waals surface area contributed by atoms with Gasteiger partial charge < -0.3 is 0 Å². The number of halogens is 3. The largest absolute Gasteiger partial charge is 0.449 e. The Balaban J connectivity index is 4.06. The van der Waals surface area contributed by atoms with Crippen LogP contribution in [-0.2, 0) is 4.79 Å². The number of carbonyl (C=O) groups excluding carboxylic acids is 1. The van der Waals surface area contributed by atoms with Gasteiger partial charge in [0, 0.05) is 7.77 Å². The van der Waals surface area contributed by atoms with E-state index in [0.29, 0.717) is 0 Å². The molecule has 0 saturated carbocycles. The summed E-state index contributed by atoms with van der Waals surface area (Å²) < 4.78 is 40.1. The van der Waals surface area contributed by atoms with E-state index in [2.05, 4.69) is 0 Å². The van der Waals surface area contributed by atoms with Crippen LogP contribution in [0, 0.1) is 0 Å². The lowest BCUT2D eigenvalue weighted by atomic mass is 10.3. The molecule has 8 heavy (non-hydrogen) atoms. The molecule has 1 unspecified atom stereocenters. The van der Waals surface area contributed by atoms with Gasteiger partial charge in [-0.15, -0.1) is 0 Å². The third kappa shape index (κ3) is 1.95. The van der Waals surface area contributed by atoms with Gasteiger partial charge in [-0.2, -0.15) is 13.2 Å². The zero-order chi connectivity index (χ0) is 7.65. The molecule has 4 heteroatoms. The van der Waals surface area contributed by atoms with Crippen LogP contribution in [0.25, 0.3) is 0 Å². The van der Waals surface area contributed by atoms with Crippen LogP contribution in [-0.4, -0.2) is 12.0 Å². The van der Waals surface area contributed by atoms with Gasteiger partial charge in [0.15, 0.2) is 0 Å². The fraction of sp³-hybridized carbons (Fsp3) is 0.750. The lowest BCUT2D eigenvalue weighted by molar-refractivity contribution is -0.170. The number of hydrogen-bond donors (Lipinski definition) is 0. The van der Waals surface area contributed by atoms with Crippen molar-refractivity contribution in [2.45, 2.75) is 19.5 Å². The molecule has 0 spiro atoms. The molecule has 0 N–H and O–H groups in total. The summed E-state index contributed by atoms with van der Waals surface area (Å²) in [5.41, 5.74) is 0. The Morgan fingerprint density at radius 3 is 2.12 bits per heavy atom. The molecule has 0 fully saturated rings. The molecular weight excluding hydrogens is 121 g/mol. The first-order chi connectivity index (χ1) is 3.85. The maximum absolute atomic E-state index is 11.2. The maximum Gasteiger partial charge on any atom is 0.449 e. The zero-order valence-electron chi connectivity index (χ0n) is 5.12. The van der Waals surface area contributed by atoms with Crippen molar-refractivity contribution in [1.82, 2.24) is 0 Å². The Morgan fingerprint density at radius 1 is 1.75 bits per heavy atom. The van der Waals surface area contributed by atoms with Gasteiger partial charge in [-0.1, -0.05) is 6.92 Å². The smallest absolute Gasteiger partial charge is 0.290 e. The highest BCUT2D eigenvalue weighted by Crippen LogP contribution is 2.16. The second kappa shape index (κ2) is 2.15. The summed E-state index contributed by atoms with van der Waals surface area (Å²) in [5, 5.41) is 0. The molecule has 0 amide bonds. The van der Waals surface area contributed by atoms with Gasteiger partial charge in [0.25, 0.3) is 0 Å². The summed E-state index contributed by atoms with van der Waals surface area (Å²) in [4.78, 5) is 9.85. The maximum atomic E-state index is 11.2. The summed E-state index contributed by atoms with van der Waals surface area (Å²) in [6.45, 7) is 0.885. The summed E-state index contributed by atoms with van der Waals surface area (Å²) in [5.74, 6) is -2.00. The molecule has 0 radical (unpaired) electrons. The molecule has 0 aromatic carbocycles. The predicted octanol–water partition coefficient (Wildman–Crippen LogP) is 1.53. The van der Waals surface area contributed by atoms with E-state index >= 15 is 0 Å². The van der Waals surface area contributed by atoms with Crippen LogP contribution in [0.1, 0.15) is 14.7 Å². The van der Waals surface area contributed by atoms with Crippen molar-refractivity contribution in [2.24, 2.45) is 0 Å². The first kappa shape index (κ1) is 5.59. The van der Waals surface area contributed by atoms with Crippen molar-refractivity contribution in [1.29, 1.82) is 0 Å². The van der Waals surface area contributed by atoms with Crippen LogP contribution >= 0.6 is 0 Å². The third-order valence-corrected chi connectivity index (χ3v) is 0.542. The van der Waals surface area contributed by atoms with Crippen molar-refractivity contribution in [3.63, 3.8) is 0 Å². The van der Waals surface area contributed by atoms with E-state index < -0.39 is 18.4 Å². The zero-order valence-corrected chi connectivity index (χ0v) is 4.12. The van der Waals surface area contributed by atoms with E-state index in [1.165, 1.54) is 0 Å². The quantitative estimate of drug-likeness (QED) is 0.522. The summed E-state index contributed by atoms with van der Waals surface area (Å²) in [6.07, 6.45) is -6.55. The number of hydrogen-bond acceptors (Lipinski definition) is 1. The monoisotopic (exact) mass is 127 g/mol. The van der Waals surface area contributed by atoms with Crippen LogP contribution in [0.2, 0.25) is 0 Å². The van der Waals surface area contributed by atoms with Gasteiger partial charge in [0.05, 0.1) is 0 Å². The summed E-state index contributed by atoms with van der Waals surface area (Å²) in [6, 6.07) is 0. The van der Waals surface area contributed by atoms with E-state index in [0.717, 1.165) is 6.92 Å². The Labute approximate surface area is 45.9 Å². The lowest BCUT2D eigenvalue weighted by Crippen LogP contribution is -2.20. The molecule has 0 aliphatic rings. The molecule has 0 bridgehead atoms. The van der Waals surface area contributed by atoms with Crippen molar-refractivity contribution < 1.29 is 19.3 Å². The van der Waals surface area contributed by atoms with E-state index in [1.54, 1.807) is 0 Å². The highest BCUT2D eigenvalue weighted by Gasteiger charge is 2.36. The van der Waals surface area contributed by atoms with Crippen LogP contribution in [0.3, 0.4) is 0 Å². The van der Waals surface area contributed by atoms with Gasteiger partial charge in [0.2, 0.25) is 5.78 Å². The second-order valence-corrected chi connectivity index (χ2v) is 1.15. The molecule has 1 nitrogen and oxygen atoms in total. The van der Waals surface area contributed by atoms with E-state index in [-0.39, 0.29) is 0 Å². The molecule has 0 rings (SSSR count). The first-order valence-corrected chi connectivity index (χ1v) is 1.89. The Hall–Kier alpha value is -0.540. The topological polar surface area (TPSA) is 17.1 Å². The molecular formula is C4H5F3O. The Bertz CT molecular complexity index is 117. The molecule has 1 atom stereocenters. The van der Waals surface area contributed by atoms with E-state index in [9.17, 15) is 18.0 Å². The van der Waals surface area contributed by atoms with Gasteiger partial charge in [-0.25, -0.2) is 0 Å². The molecule has 48 valence electrons. The van der Waals surface area contributed by atoms with Crippen molar-refractivity contribution >= 4 is 5.78 Å². The predicted molar refractivity (Wildman–Crippen MR) is 21.4 cm³/mol. The molecule has 0 aliphatic carbocycles. The highest BCUT2D eigenvalue weighted by atomic mass is 19.4. The third-order valence-electron chi connectivity index (χ3n) is 0.542. The normalized spacial score (nSPS) is 17.2. The minimum absolute atomic E-state index is 0.885. The van der Waals surface area contributed by atoms with Crippen molar-refractivity contribution in [3.8, 4) is 0 Å². The SMILES string of the molecule is [2H]C(C)C(=O)C(F)(F)F. The lowest BCUT2D eigenvalue weighted by Gasteiger charge is -1.99. The minimum atomic E-state index is -4.85. The fourth-order valence-electron chi connectivity index (χ4n) is 0.164. The van der Waals surface area contributed by atoms with Crippen LogP contribution in [0.4, 0.5) is 13.2 Å². The van der Waals surface area contributed by atoms with Gasteiger partial charge in [0.1, 0.15) is 0 Å². The number of rotatable bonds is 1. The van der Waals surface area contributed by atoms with Gasteiger partial charge in [-0.3, -0.25) is 4.79 Å². The summed E-state index contributed by atoms with van der Waals surface area (Å²) >= 11 is 0. The van der Waals surface area contributed by atoms with Crippen LogP contribution in [0.5, 0.6) is 0 Å².